The van der Waals surface area contributed by atoms with Gasteiger partial charge in [0.05, 0.1) is 13.2 Å². The maximum Gasteiger partial charge on any atom is 0.471 e. The smallest absolute Gasteiger partial charge is 0.321 e. The van der Waals surface area contributed by atoms with Crippen molar-refractivity contribution >= 4 is 11.8 Å². The molecule has 1 aliphatic rings. The van der Waals surface area contributed by atoms with Crippen LogP contribution < -0.4 is 11.0 Å². The topological polar surface area (TPSA) is 79.9 Å². The third-order valence-electron chi connectivity index (χ3n) is 4.20. The van der Waals surface area contributed by atoms with Crippen molar-refractivity contribution in [3.8, 4) is 0 Å². The van der Waals surface area contributed by atoms with Crippen molar-refractivity contribution in [3.63, 3.8) is 0 Å². The molecule has 7 nitrogen and oxygen atoms in total. The third-order valence-corrected chi connectivity index (χ3v) is 4.20. The summed E-state index contributed by atoms with van der Waals surface area (Å²) in [5.74, 6) is -2.83. The number of amides is 2. The standard InChI is InChI=1S/C18H24F3N3O4/c1-2-10-27-23-16(25)15-9-8-14(11-24(15)17(26)18(19,20)21)22-28-12-13-6-4-3-5-7-13/h3-7,14-15,22H,2,8-12H2,1H3,(H,23,25)/t14-,15+/m1/s1. The molecule has 1 heterocycles. The minimum atomic E-state index is -5.07. The summed E-state index contributed by atoms with van der Waals surface area (Å²) in [5.41, 5.74) is 5.70. The van der Waals surface area contributed by atoms with Gasteiger partial charge in [0.25, 0.3) is 5.91 Å². The lowest BCUT2D eigenvalue weighted by atomic mass is 9.98. The SMILES string of the molecule is CCCONC(=O)[C@@H]1CC[C@@H](NOCc2ccccc2)CN1C(=O)C(F)(F)F. The Bertz CT molecular complexity index is 643. The van der Waals surface area contributed by atoms with Crippen LogP contribution in [0.2, 0.25) is 0 Å². The summed E-state index contributed by atoms with van der Waals surface area (Å²) in [6, 6.07) is 7.44. The molecule has 0 saturated carbocycles. The Kier molecular flexibility index (Phi) is 8.21. The number of nitrogens with one attached hydrogen (secondary N) is 2. The summed E-state index contributed by atoms with van der Waals surface area (Å²) in [6.07, 6.45) is -4.03. The number of rotatable bonds is 8. The number of hydrogen-bond acceptors (Lipinski definition) is 5. The second-order valence-electron chi connectivity index (χ2n) is 6.45. The molecule has 0 aliphatic carbocycles. The van der Waals surface area contributed by atoms with Crippen molar-refractivity contribution < 1.29 is 32.4 Å². The number of hydroxylamine groups is 2. The number of hydrogen-bond donors (Lipinski definition) is 2. The number of carbonyl (C=O) groups is 2. The van der Waals surface area contributed by atoms with Crippen LogP contribution in [0.15, 0.2) is 30.3 Å². The normalized spacial score (nSPS) is 20.1. The Balaban J connectivity index is 1.96. The van der Waals surface area contributed by atoms with Crippen LogP contribution in [0.25, 0.3) is 0 Å². The Labute approximate surface area is 161 Å². The number of benzene rings is 1. The van der Waals surface area contributed by atoms with Crippen LogP contribution >= 0.6 is 0 Å². The molecule has 1 saturated heterocycles. The molecular weight excluding hydrogens is 379 g/mol. The molecule has 2 atom stereocenters. The van der Waals surface area contributed by atoms with E-state index >= 15 is 0 Å². The molecule has 0 spiro atoms. The lowest BCUT2D eigenvalue weighted by molar-refractivity contribution is -0.192. The Morgan fingerprint density at radius 2 is 1.89 bits per heavy atom. The first-order valence-corrected chi connectivity index (χ1v) is 9.03. The van der Waals surface area contributed by atoms with Crippen LogP contribution in [-0.4, -0.2) is 48.1 Å². The van der Waals surface area contributed by atoms with E-state index in [1.165, 1.54) is 0 Å². The van der Waals surface area contributed by atoms with Gasteiger partial charge in [-0.2, -0.15) is 18.7 Å². The highest BCUT2D eigenvalue weighted by Gasteiger charge is 2.48. The molecule has 1 aliphatic heterocycles. The van der Waals surface area contributed by atoms with Crippen molar-refractivity contribution in [1.29, 1.82) is 0 Å². The van der Waals surface area contributed by atoms with E-state index in [0.29, 0.717) is 17.7 Å². The van der Waals surface area contributed by atoms with Crippen LogP contribution in [0.5, 0.6) is 0 Å². The number of carbonyl (C=O) groups excluding carboxylic acids is 2. The van der Waals surface area contributed by atoms with E-state index in [1.54, 1.807) is 0 Å². The van der Waals surface area contributed by atoms with Gasteiger partial charge in [0.15, 0.2) is 0 Å². The van der Waals surface area contributed by atoms with Crippen LogP contribution in [0.4, 0.5) is 13.2 Å². The zero-order chi connectivity index (χ0) is 20.6. The minimum absolute atomic E-state index is 0.0511. The van der Waals surface area contributed by atoms with Gasteiger partial charge >= 0.3 is 12.1 Å². The van der Waals surface area contributed by atoms with E-state index in [2.05, 4.69) is 11.0 Å². The summed E-state index contributed by atoms with van der Waals surface area (Å²) in [6.45, 7) is 1.96. The zero-order valence-electron chi connectivity index (χ0n) is 15.5. The fraction of sp³-hybridized carbons (Fsp3) is 0.556. The molecule has 0 radical (unpaired) electrons. The van der Waals surface area contributed by atoms with Crippen molar-refractivity contribution in [2.75, 3.05) is 13.2 Å². The predicted octanol–water partition coefficient (Wildman–Crippen LogP) is 2.09. The summed E-state index contributed by atoms with van der Waals surface area (Å²) in [5, 5.41) is 0. The molecule has 10 heteroatoms. The summed E-state index contributed by atoms with van der Waals surface area (Å²) >= 11 is 0. The third kappa shape index (κ3) is 6.47. The van der Waals surface area contributed by atoms with E-state index in [0.717, 1.165) is 5.56 Å². The molecule has 2 N–H and O–H groups in total. The lowest BCUT2D eigenvalue weighted by Gasteiger charge is -2.38. The van der Waals surface area contributed by atoms with E-state index in [1.807, 2.05) is 37.3 Å². The van der Waals surface area contributed by atoms with E-state index in [4.69, 9.17) is 9.68 Å². The van der Waals surface area contributed by atoms with Crippen molar-refractivity contribution in [1.82, 2.24) is 15.9 Å². The van der Waals surface area contributed by atoms with Gasteiger partial charge in [-0.15, -0.1) is 0 Å². The highest BCUT2D eigenvalue weighted by atomic mass is 19.4. The number of nitrogens with zero attached hydrogens (tertiary/aromatic N) is 1. The molecule has 0 aromatic heterocycles. The van der Waals surface area contributed by atoms with Gasteiger partial charge in [0, 0.05) is 12.6 Å². The molecule has 28 heavy (non-hydrogen) atoms. The lowest BCUT2D eigenvalue weighted by Crippen LogP contribution is -2.60. The Morgan fingerprint density at radius 1 is 1.18 bits per heavy atom. The van der Waals surface area contributed by atoms with Gasteiger partial charge in [0.2, 0.25) is 0 Å². The van der Waals surface area contributed by atoms with E-state index in [9.17, 15) is 22.8 Å². The monoisotopic (exact) mass is 403 g/mol. The molecule has 0 bridgehead atoms. The first kappa shape index (κ1) is 22.1. The first-order valence-electron chi connectivity index (χ1n) is 9.03. The van der Waals surface area contributed by atoms with Gasteiger partial charge in [0.1, 0.15) is 6.04 Å². The fourth-order valence-electron chi connectivity index (χ4n) is 2.84. The summed E-state index contributed by atoms with van der Waals surface area (Å²) in [7, 11) is 0. The predicted molar refractivity (Wildman–Crippen MR) is 93.3 cm³/mol. The maximum absolute atomic E-state index is 13.0. The number of likely N-dealkylation sites (tertiary alicyclic amines) is 1. The fourth-order valence-corrected chi connectivity index (χ4v) is 2.84. The van der Waals surface area contributed by atoms with E-state index < -0.39 is 30.1 Å². The number of alkyl halides is 3. The quantitative estimate of drug-likeness (QED) is 0.513. The van der Waals surface area contributed by atoms with Gasteiger partial charge < -0.3 is 4.90 Å². The highest BCUT2D eigenvalue weighted by molar-refractivity contribution is 5.89. The van der Waals surface area contributed by atoms with Gasteiger partial charge in [-0.3, -0.25) is 19.3 Å². The van der Waals surface area contributed by atoms with Crippen LogP contribution in [0, 0.1) is 0 Å². The summed E-state index contributed by atoms with van der Waals surface area (Å²) in [4.78, 5) is 34.8. The molecular formula is C18H24F3N3O4. The van der Waals surface area contributed by atoms with Crippen molar-refractivity contribution in [2.45, 2.75) is 51.1 Å². The van der Waals surface area contributed by atoms with Crippen molar-refractivity contribution in [3.05, 3.63) is 35.9 Å². The zero-order valence-corrected chi connectivity index (χ0v) is 15.5. The van der Waals surface area contributed by atoms with Crippen molar-refractivity contribution in [2.24, 2.45) is 0 Å². The average molecular weight is 403 g/mol. The molecule has 0 unspecified atom stereocenters. The number of halogens is 3. The molecule has 1 aromatic rings. The molecule has 2 rings (SSSR count). The van der Waals surface area contributed by atoms with Crippen LogP contribution in [0.1, 0.15) is 31.7 Å². The largest absolute Gasteiger partial charge is 0.471 e. The molecule has 156 valence electrons. The van der Waals surface area contributed by atoms with Gasteiger partial charge in [-0.1, -0.05) is 37.3 Å². The second kappa shape index (κ2) is 10.4. The van der Waals surface area contributed by atoms with Gasteiger partial charge in [-0.05, 0) is 24.8 Å². The Hall–Kier alpha value is -2.17. The molecule has 1 aromatic carbocycles. The molecule has 2 amide bonds. The molecule has 1 fully saturated rings. The van der Waals surface area contributed by atoms with Gasteiger partial charge in [-0.25, -0.2) is 5.48 Å². The first-order chi connectivity index (χ1) is 13.3. The van der Waals surface area contributed by atoms with E-state index in [-0.39, 0.29) is 26.2 Å². The highest BCUT2D eigenvalue weighted by Crippen LogP contribution is 2.25. The average Bonchev–Trinajstić information content (AvgIpc) is 2.67. The second-order valence-corrected chi connectivity index (χ2v) is 6.45. The summed E-state index contributed by atoms with van der Waals surface area (Å²) < 4.78 is 38.9. The maximum atomic E-state index is 13.0. The van der Waals surface area contributed by atoms with Crippen LogP contribution in [-0.2, 0) is 25.9 Å². The van der Waals surface area contributed by atoms with Crippen LogP contribution in [0.3, 0.4) is 0 Å². The Morgan fingerprint density at radius 3 is 2.54 bits per heavy atom. The number of piperidine rings is 1. The minimum Gasteiger partial charge on any atom is -0.321 e.